The predicted octanol–water partition coefficient (Wildman–Crippen LogP) is 3.11. The summed E-state index contributed by atoms with van der Waals surface area (Å²) in [6, 6.07) is 5.79. The van der Waals surface area contributed by atoms with Gasteiger partial charge in [-0.1, -0.05) is 28.4 Å². The standard InChI is InChI=1S/C15H20BrNO2S/c16-11-14-6-1-2-9-17(14)20(18,19)15-8-7-12-4-3-5-13(12)10-15/h7-8,10,14H,1-6,9,11H2. The van der Waals surface area contributed by atoms with Crippen LogP contribution in [0.15, 0.2) is 23.1 Å². The number of benzene rings is 1. The maximum Gasteiger partial charge on any atom is 0.243 e. The molecule has 3 nitrogen and oxygen atoms in total. The van der Waals surface area contributed by atoms with Gasteiger partial charge in [-0.05, 0) is 55.4 Å². The average molecular weight is 358 g/mol. The summed E-state index contributed by atoms with van der Waals surface area (Å²) in [6.07, 6.45) is 6.28. The van der Waals surface area contributed by atoms with E-state index in [2.05, 4.69) is 15.9 Å². The van der Waals surface area contributed by atoms with Crippen LogP contribution in [0.25, 0.3) is 0 Å². The van der Waals surface area contributed by atoms with Gasteiger partial charge in [-0.15, -0.1) is 0 Å². The molecule has 20 heavy (non-hydrogen) atoms. The summed E-state index contributed by atoms with van der Waals surface area (Å²) in [4.78, 5) is 0.478. The molecule has 0 aromatic heterocycles. The second-order valence-corrected chi connectivity index (χ2v) is 8.24. The highest BCUT2D eigenvalue weighted by molar-refractivity contribution is 9.09. The molecular weight excluding hydrogens is 338 g/mol. The third kappa shape index (κ3) is 2.55. The normalized spacial score (nSPS) is 23.8. The van der Waals surface area contributed by atoms with Gasteiger partial charge in [0, 0.05) is 17.9 Å². The third-order valence-electron chi connectivity index (χ3n) is 4.43. The van der Waals surface area contributed by atoms with Crippen LogP contribution < -0.4 is 0 Å². The molecule has 3 rings (SSSR count). The van der Waals surface area contributed by atoms with Gasteiger partial charge in [-0.25, -0.2) is 8.42 Å². The van der Waals surface area contributed by atoms with E-state index in [1.807, 2.05) is 12.1 Å². The first-order valence-corrected chi connectivity index (χ1v) is 9.88. The minimum Gasteiger partial charge on any atom is -0.207 e. The van der Waals surface area contributed by atoms with Crippen LogP contribution in [0.1, 0.15) is 36.8 Å². The van der Waals surface area contributed by atoms with Gasteiger partial charge in [0.25, 0.3) is 0 Å². The lowest BCUT2D eigenvalue weighted by atomic mass is 10.1. The summed E-state index contributed by atoms with van der Waals surface area (Å²) in [7, 11) is -3.34. The fourth-order valence-corrected chi connectivity index (χ4v) is 5.90. The topological polar surface area (TPSA) is 37.4 Å². The Morgan fingerprint density at radius 3 is 2.75 bits per heavy atom. The minimum atomic E-state index is -3.34. The van der Waals surface area contributed by atoms with Crippen molar-refractivity contribution < 1.29 is 8.42 Å². The average Bonchev–Trinajstić information content (AvgIpc) is 2.94. The van der Waals surface area contributed by atoms with Crippen molar-refractivity contribution in [3.8, 4) is 0 Å². The van der Waals surface area contributed by atoms with Crippen molar-refractivity contribution in [1.82, 2.24) is 4.31 Å². The lowest BCUT2D eigenvalue weighted by molar-refractivity contribution is 0.273. The molecule has 110 valence electrons. The van der Waals surface area contributed by atoms with Crippen LogP contribution in [0.5, 0.6) is 0 Å². The Morgan fingerprint density at radius 2 is 1.95 bits per heavy atom. The van der Waals surface area contributed by atoms with Crippen molar-refractivity contribution in [2.75, 3.05) is 11.9 Å². The Kier molecular flexibility index (Phi) is 4.20. The number of hydrogen-bond donors (Lipinski definition) is 0. The van der Waals surface area contributed by atoms with Crippen molar-refractivity contribution >= 4 is 26.0 Å². The molecule has 1 aromatic carbocycles. The van der Waals surface area contributed by atoms with Crippen LogP contribution in [0, 0.1) is 0 Å². The molecule has 1 heterocycles. The van der Waals surface area contributed by atoms with Crippen molar-refractivity contribution in [1.29, 1.82) is 0 Å². The first kappa shape index (κ1) is 14.5. The molecule has 0 saturated carbocycles. The molecule has 1 aliphatic heterocycles. The summed E-state index contributed by atoms with van der Waals surface area (Å²) in [5.41, 5.74) is 2.54. The number of halogens is 1. The Bertz CT molecular complexity index is 600. The molecule has 1 unspecified atom stereocenters. The van der Waals surface area contributed by atoms with E-state index in [-0.39, 0.29) is 6.04 Å². The quantitative estimate of drug-likeness (QED) is 0.779. The van der Waals surface area contributed by atoms with Crippen LogP contribution in [-0.2, 0) is 22.9 Å². The molecule has 1 fully saturated rings. The molecule has 0 amide bonds. The number of hydrogen-bond acceptors (Lipinski definition) is 2. The Morgan fingerprint density at radius 1 is 1.15 bits per heavy atom. The maximum atomic E-state index is 12.9. The van der Waals surface area contributed by atoms with Crippen molar-refractivity contribution in [3.63, 3.8) is 0 Å². The number of aryl methyl sites for hydroxylation is 2. The number of fused-ring (bicyclic) bond motifs is 1. The van der Waals surface area contributed by atoms with E-state index in [4.69, 9.17) is 0 Å². The fourth-order valence-electron chi connectivity index (χ4n) is 3.29. The zero-order chi connectivity index (χ0) is 14.2. The SMILES string of the molecule is O=S(=O)(c1ccc2c(c1)CCC2)N1CCCCC1CBr. The molecular formula is C15H20BrNO2S. The van der Waals surface area contributed by atoms with Gasteiger partial charge in [0.15, 0.2) is 0 Å². The summed E-state index contributed by atoms with van der Waals surface area (Å²) in [6.45, 7) is 0.648. The molecule has 0 N–H and O–H groups in total. The number of sulfonamides is 1. The molecule has 1 saturated heterocycles. The van der Waals surface area contributed by atoms with E-state index in [0.717, 1.165) is 43.9 Å². The molecule has 0 spiro atoms. The summed E-state index contributed by atoms with van der Waals surface area (Å²) in [5.74, 6) is 0. The number of rotatable bonds is 3. The molecule has 5 heteroatoms. The van der Waals surface area contributed by atoms with Crippen LogP contribution in [0.3, 0.4) is 0 Å². The van der Waals surface area contributed by atoms with Gasteiger partial charge in [0.05, 0.1) is 4.90 Å². The Balaban J connectivity index is 1.94. The van der Waals surface area contributed by atoms with Crippen LogP contribution >= 0.6 is 15.9 Å². The van der Waals surface area contributed by atoms with Gasteiger partial charge >= 0.3 is 0 Å². The third-order valence-corrected chi connectivity index (χ3v) is 7.12. The highest BCUT2D eigenvalue weighted by Gasteiger charge is 2.33. The lowest BCUT2D eigenvalue weighted by Crippen LogP contribution is -2.44. The number of piperidine rings is 1. The lowest BCUT2D eigenvalue weighted by Gasteiger charge is -2.33. The van der Waals surface area contributed by atoms with Crippen molar-refractivity contribution in [2.24, 2.45) is 0 Å². The van der Waals surface area contributed by atoms with Crippen LogP contribution in [0.2, 0.25) is 0 Å². The second kappa shape index (κ2) is 5.78. The van der Waals surface area contributed by atoms with Gasteiger partial charge < -0.3 is 0 Å². The first-order valence-electron chi connectivity index (χ1n) is 7.32. The monoisotopic (exact) mass is 357 g/mol. The van der Waals surface area contributed by atoms with E-state index in [1.165, 1.54) is 11.1 Å². The zero-order valence-electron chi connectivity index (χ0n) is 11.5. The van der Waals surface area contributed by atoms with Gasteiger partial charge in [0.2, 0.25) is 10.0 Å². The highest BCUT2D eigenvalue weighted by atomic mass is 79.9. The van der Waals surface area contributed by atoms with Crippen LogP contribution in [0.4, 0.5) is 0 Å². The predicted molar refractivity (Wildman–Crippen MR) is 83.8 cm³/mol. The van der Waals surface area contributed by atoms with Gasteiger partial charge in [0.1, 0.15) is 0 Å². The fraction of sp³-hybridized carbons (Fsp3) is 0.600. The molecule has 1 aromatic rings. The first-order chi connectivity index (χ1) is 9.63. The van der Waals surface area contributed by atoms with Crippen molar-refractivity contribution in [2.45, 2.75) is 49.5 Å². The van der Waals surface area contributed by atoms with Crippen molar-refractivity contribution in [3.05, 3.63) is 29.3 Å². The van der Waals surface area contributed by atoms with Crippen LogP contribution in [-0.4, -0.2) is 30.6 Å². The molecule has 0 radical (unpaired) electrons. The second-order valence-electron chi connectivity index (χ2n) is 5.70. The van der Waals surface area contributed by atoms with E-state index < -0.39 is 10.0 Å². The zero-order valence-corrected chi connectivity index (χ0v) is 13.9. The van der Waals surface area contributed by atoms with E-state index in [1.54, 1.807) is 10.4 Å². The minimum absolute atomic E-state index is 0.0991. The molecule has 0 bridgehead atoms. The smallest absolute Gasteiger partial charge is 0.207 e. The van der Waals surface area contributed by atoms with E-state index in [0.29, 0.717) is 11.4 Å². The summed E-state index contributed by atoms with van der Waals surface area (Å²) < 4.78 is 27.4. The summed E-state index contributed by atoms with van der Waals surface area (Å²) in [5, 5.41) is 0.719. The highest BCUT2D eigenvalue weighted by Crippen LogP contribution is 2.29. The van der Waals surface area contributed by atoms with E-state index in [9.17, 15) is 8.42 Å². The summed E-state index contributed by atoms with van der Waals surface area (Å²) >= 11 is 3.46. The van der Waals surface area contributed by atoms with E-state index >= 15 is 0 Å². The molecule has 2 aliphatic rings. The van der Waals surface area contributed by atoms with Gasteiger partial charge in [-0.2, -0.15) is 4.31 Å². The Labute approximate surface area is 129 Å². The number of nitrogens with zero attached hydrogens (tertiary/aromatic N) is 1. The Hall–Kier alpha value is -0.390. The maximum absolute atomic E-state index is 12.9. The molecule has 1 atom stereocenters. The molecule has 1 aliphatic carbocycles. The largest absolute Gasteiger partial charge is 0.243 e. The van der Waals surface area contributed by atoms with Gasteiger partial charge in [-0.3, -0.25) is 0 Å². The number of alkyl halides is 1.